The van der Waals surface area contributed by atoms with Crippen LogP contribution in [0.2, 0.25) is 0 Å². The summed E-state index contributed by atoms with van der Waals surface area (Å²) in [5.41, 5.74) is 1.68. The number of nitrogens with one attached hydrogen (secondary N) is 1. The third kappa shape index (κ3) is 6.26. The van der Waals surface area contributed by atoms with Crippen LogP contribution in [0.4, 0.5) is 0 Å². The molecule has 0 radical (unpaired) electrons. The molecule has 100 valence electrons. The van der Waals surface area contributed by atoms with E-state index in [1.807, 2.05) is 0 Å². The van der Waals surface area contributed by atoms with E-state index < -0.39 is 0 Å². The Morgan fingerprint density at radius 3 is 2.41 bits per heavy atom. The van der Waals surface area contributed by atoms with E-state index in [1.54, 1.807) is 5.57 Å². The summed E-state index contributed by atoms with van der Waals surface area (Å²) in [7, 11) is 2.12. The molecule has 0 saturated carbocycles. The highest BCUT2D eigenvalue weighted by atomic mass is 14.9. The Kier molecular flexibility index (Phi) is 8.42. The van der Waals surface area contributed by atoms with Gasteiger partial charge in [0.15, 0.2) is 0 Å². The molecule has 1 aliphatic rings. The van der Waals surface area contributed by atoms with E-state index in [9.17, 15) is 0 Å². The van der Waals surface area contributed by atoms with Gasteiger partial charge in [0, 0.05) is 6.04 Å². The van der Waals surface area contributed by atoms with Gasteiger partial charge >= 0.3 is 0 Å². The largest absolute Gasteiger partial charge is 0.313 e. The van der Waals surface area contributed by atoms with E-state index in [1.165, 1.54) is 70.6 Å². The molecular weight excluding hydrogens is 206 g/mol. The van der Waals surface area contributed by atoms with Gasteiger partial charge in [-0.1, -0.05) is 63.5 Å². The standard InChI is InChI=1S/C16H31N/c1-3-4-5-6-7-8-9-14-16(17-2)15-12-10-11-13-15/h12,16-17H,3-11,13-14H2,1-2H3. The van der Waals surface area contributed by atoms with Crippen molar-refractivity contribution in [1.29, 1.82) is 0 Å². The first-order valence-electron chi connectivity index (χ1n) is 7.74. The van der Waals surface area contributed by atoms with Crippen LogP contribution in [0.15, 0.2) is 11.6 Å². The molecule has 0 bridgehead atoms. The van der Waals surface area contributed by atoms with Crippen LogP contribution in [0.3, 0.4) is 0 Å². The van der Waals surface area contributed by atoms with Crippen molar-refractivity contribution < 1.29 is 0 Å². The monoisotopic (exact) mass is 237 g/mol. The van der Waals surface area contributed by atoms with E-state index in [-0.39, 0.29) is 0 Å². The molecular formula is C16H31N. The van der Waals surface area contributed by atoms with Crippen molar-refractivity contribution in [2.24, 2.45) is 0 Å². The highest BCUT2D eigenvalue weighted by molar-refractivity contribution is 5.14. The Morgan fingerprint density at radius 2 is 1.82 bits per heavy atom. The number of allylic oxidation sites excluding steroid dienone is 1. The Labute approximate surface area is 108 Å². The van der Waals surface area contributed by atoms with Crippen LogP contribution in [0.5, 0.6) is 0 Å². The molecule has 0 aromatic carbocycles. The van der Waals surface area contributed by atoms with E-state index in [0.29, 0.717) is 6.04 Å². The number of hydrogen-bond acceptors (Lipinski definition) is 1. The minimum atomic E-state index is 0.674. The fraction of sp³-hybridized carbons (Fsp3) is 0.875. The summed E-state index contributed by atoms with van der Waals surface area (Å²) in [4.78, 5) is 0. The predicted molar refractivity (Wildman–Crippen MR) is 77.4 cm³/mol. The van der Waals surface area contributed by atoms with Crippen molar-refractivity contribution in [3.8, 4) is 0 Å². The van der Waals surface area contributed by atoms with E-state index in [4.69, 9.17) is 0 Å². The SMILES string of the molecule is CCCCCCCCCC(NC)C1=CCCC1. The molecule has 1 nitrogen and oxygen atoms in total. The van der Waals surface area contributed by atoms with Crippen molar-refractivity contribution in [2.45, 2.75) is 83.6 Å². The molecule has 0 heterocycles. The van der Waals surface area contributed by atoms with Gasteiger partial charge in [-0.15, -0.1) is 0 Å². The van der Waals surface area contributed by atoms with Gasteiger partial charge < -0.3 is 5.32 Å². The maximum Gasteiger partial charge on any atom is 0.0276 e. The summed E-state index contributed by atoms with van der Waals surface area (Å²) >= 11 is 0. The van der Waals surface area contributed by atoms with Crippen molar-refractivity contribution in [1.82, 2.24) is 5.32 Å². The van der Waals surface area contributed by atoms with E-state index in [0.717, 1.165) is 0 Å². The number of likely N-dealkylation sites (N-methyl/N-ethyl adjacent to an activating group) is 1. The van der Waals surface area contributed by atoms with Crippen LogP contribution in [-0.4, -0.2) is 13.1 Å². The first-order valence-corrected chi connectivity index (χ1v) is 7.74. The van der Waals surface area contributed by atoms with Gasteiger partial charge in [0.2, 0.25) is 0 Å². The Bertz CT molecular complexity index is 208. The normalized spacial score (nSPS) is 17.2. The molecule has 1 heteroatoms. The number of unbranched alkanes of at least 4 members (excludes halogenated alkanes) is 6. The number of hydrogen-bond donors (Lipinski definition) is 1. The van der Waals surface area contributed by atoms with Crippen molar-refractivity contribution in [2.75, 3.05) is 7.05 Å². The highest BCUT2D eigenvalue weighted by Crippen LogP contribution is 2.23. The molecule has 0 saturated heterocycles. The van der Waals surface area contributed by atoms with E-state index in [2.05, 4.69) is 25.4 Å². The Morgan fingerprint density at radius 1 is 1.12 bits per heavy atom. The van der Waals surface area contributed by atoms with Crippen molar-refractivity contribution in [3.05, 3.63) is 11.6 Å². The Balaban J connectivity index is 2.00. The summed E-state index contributed by atoms with van der Waals surface area (Å²) in [6.45, 7) is 2.28. The lowest BCUT2D eigenvalue weighted by molar-refractivity contribution is 0.514. The molecule has 0 aliphatic heterocycles. The second-order valence-electron chi connectivity index (χ2n) is 5.42. The van der Waals surface area contributed by atoms with Crippen molar-refractivity contribution >= 4 is 0 Å². The van der Waals surface area contributed by atoms with Gasteiger partial charge in [-0.05, 0) is 32.7 Å². The smallest absolute Gasteiger partial charge is 0.0276 e. The van der Waals surface area contributed by atoms with Crippen LogP contribution >= 0.6 is 0 Å². The highest BCUT2D eigenvalue weighted by Gasteiger charge is 2.14. The molecule has 1 atom stereocenters. The number of rotatable bonds is 10. The maximum atomic E-state index is 3.49. The molecule has 0 aromatic heterocycles. The molecule has 1 rings (SSSR count). The van der Waals surface area contributed by atoms with Crippen LogP contribution in [0, 0.1) is 0 Å². The zero-order valence-corrected chi connectivity index (χ0v) is 11.9. The first kappa shape index (κ1) is 14.8. The van der Waals surface area contributed by atoms with Gasteiger partial charge in [-0.3, -0.25) is 0 Å². The molecule has 1 unspecified atom stereocenters. The molecule has 0 aromatic rings. The summed E-state index contributed by atoms with van der Waals surface area (Å²) < 4.78 is 0. The van der Waals surface area contributed by atoms with Crippen LogP contribution in [0.1, 0.15) is 77.6 Å². The van der Waals surface area contributed by atoms with Crippen LogP contribution < -0.4 is 5.32 Å². The summed E-state index contributed by atoms with van der Waals surface area (Å²) in [6, 6.07) is 0.674. The van der Waals surface area contributed by atoms with Gasteiger partial charge in [0.25, 0.3) is 0 Å². The molecule has 0 amide bonds. The Hall–Kier alpha value is -0.300. The fourth-order valence-electron chi connectivity index (χ4n) is 2.83. The lowest BCUT2D eigenvalue weighted by Crippen LogP contribution is -2.26. The van der Waals surface area contributed by atoms with Gasteiger partial charge in [-0.2, -0.15) is 0 Å². The third-order valence-electron chi connectivity index (χ3n) is 3.97. The molecule has 17 heavy (non-hydrogen) atoms. The zero-order chi connectivity index (χ0) is 12.3. The average molecular weight is 237 g/mol. The molecule has 1 N–H and O–H groups in total. The second-order valence-corrected chi connectivity index (χ2v) is 5.42. The quantitative estimate of drug-likeness (QED) is 0.424. The van der Waals surface area contributed by atoms with Gasteiger partial charge in [0.05, 0.1) is 0 Å². The van der Waals surface area contributed by atoms with Crippen LogP contribution in [-0.2, 0) is 0 Å². The van der Waals surface area contributed by atoms with Crippen molar-refractivity contribution in [3.63, 3.8) is 0 Å². The summed E-state index contributed by atoms with van der Waals surface area (Å²) in [5.74, 6) is 0. The first-order chi connectivity index (χ1) is 8.38. The average Bonchev–Trinajstić information content (AvgIpc) is 2.86. The minimum absolute atomic E-state index is 0.674. The van der Waals surface area contributed by atoms with Crippen LogP contribution in [0.25, 0.3) is 0 Å². The second kappa shape index (κ2) is 9.70. The van der Waals surface area contributed by atoms with Gasteiger partial charge in [-0.25, -0.2) is 0 Å². The molecule has 0 fully saturated rings. The lowest BCUT2D eigenvalue weighted by atomic mass is 9.99. The predicted octanol–water partition coefficient (Wildman–Crippen LogP) is 4.83. The lowest BCUT2D eigenvalue weighted by Gasteiger charge is -2.17. The van der Waals surface area contributed by atoms with Gasteiger partial charge in [0.1, 0.15) is 0 Å². The molecule has 0 spiro atoms. The summed E-state index contributed by atoms with van der Waals surface area (Å²) in [5, 5.41) is 3.49. The summed E-state index contributed by atoms with van der Waals surface area (Å²) in [6.07, 6.45) is 17.8. The van der Waals surface area contributed by atoms with E-state index >= 15 is 0 Å². The fourth-order valence-corrected chi connectivity index (χ4v) is 2.83. The molecule has 1 aliphatic carbocycles. The zero-order valence-electron chi connectivity index (χ0n) is 11.9. The minimum Gasteiger partial charge on any atom is -0.313 e. The topological polar surface area (TPSA) is 12.0 Å². The third-order valence-corrected chi connectivity index (χ3v) is 3.97. The maximum absolute atomic E-state index is 3.49.